The van der Waals surface area contributed by atoms with Gasteiger partial charge in [0.1, 0.15) is 13.5 Å². The summed E-state index contributed by atoms with van der Waals surface area (Å²) in [5.74, 6) is -0.195. The number of hydrogen-bond donors (Lipinski definition) is 2. The minimum Gasteiger partial charge on any atom is -0.376 e. The Balaban J connectivity index is 2.61. The van der Waals surface area contributed by atoms with Crippen LogP contribution in [0, 0.1) is 0 Å². The minimum absolute atomic E-state index is 0.0931. The summed E-state index contributed by atoms with van der Waals surface area (Å²) < 4.78 is 0. The van der Waals surface area contributed by atoms with Crippen molar-refractivity contribution in [1.82, 2.24) is 9.80 Å². The first kappa shape index (κ1) is 9.02. The van der Waals surface area contributed by atoms with Crippen molar-refractivity contribution in [2.75, 3.05) is 26.6 Å². The number of amides is 1. The van der Waals surface area contributed by atoms with E-state index < -0.39 is 0 Å². The smallest absolute Gasteiger partial charge is 0.244 e. The molecule has 0 atom stereocenters. The number of carbonyl (C=O) groups is 1. The summed E-state index contributed by atoms with van der Waals surface area (Å²) in [6, 6.07) is 0. The van der Waals surface area contributed by atoms with Crippen LogP contribution in [0.15, 0.2) is 12.3 Å². The summed E-state index contributed by atoms with van der Waals surface area (Å²) in [6.07, 6.45) is 0. The second kappa shape index (κ2) is 3.55. The lowest BCUT2D eigenvalue weighted by Gasteiger charge is -2.34. The van der Waals surface area contributed by atoms with Crippen molar-refractivity contribution < 1.29 is 15.0 Å². The van der Waals surface area contributed by atoms with Crippen LogP contribution in [0.5, 0.6) is 0 Å². The predicted octanol–water partition coefficient (Wildman–Crippen LogP) is -1.46. The maximum Gasteiger partial charge on any atom is 0.244 e. The third kappa shape index (κ3) is 1.57. The SMILES string of the molecule is C=C1CN(CO)C(=O)CN1CO. The van der Waals surface area contributed by atoms with E-state index in [1.165, 1.54) is 9.80 Å². The van der Waals surface area contributed by atoms with Crippen LogP contribution >= 0.6 is 0 Å². The largest absolute Gasteiger partial charge is 0.376 e. The van der Waals surface area contributed by atoms with Crippen LogP contribution in [0.3, 0.4) is 0 Å². The molecule has 1 fully saturated rings. The zero-order valence-electron chi connectivity index (χ0n) is 6.73. The first-order valence-electron chi connectivity index (χ1n) is 3.61. The highest BCUT2D eigenvalue weighted by Gasteiger charge is 2.24. The quantitative estimate of drug-likeness (QED) is 0.534. The van der Waals surface area contributed by atoms with Crippen molar-refractivity contribution >= 4 is 5.91 Å². The van der Waals surface area contributed by atoms with Gasteiger partial charge in [-0.3, -0.25) is 4.79 Å². The van der Waals surface area contributed by atoms with Gasteiger partial charge in [0.25, 0.3) is 0 Å². The second-order valence-electron chi connectivity index (χ2n) is 2.64. The van der Waals surface area contributed by atoms with E-state index in [-0.39, 0.29) is 32.5 Å². The second-order valence-corrected chi connectivity index (χ2v) is 2.64. The lowest BCUT2D eigenvalue weighted by Crippen LogP contribution is -2.48. The maximum absolute atomic E-state index is 11.1. The van der Waals surface area contributed by atoms with Gasteiger partial charge in [-0.15, -0.1) is 0 Å². The van der Waals surface area contributed by atoms with E-state index in [0.717, 1.165) is 0 Å². The molecule has 1 saturated heterocycles. The van der Waals surface area contributed by atoms with Gasteiger partial charge in [0.2, 0.25) is 5.91 Å². The lowest BCUT2D eigenvalue weighted by atomic mass is 10.3. The minimum atomic E-state index is -0.295. The Hall–Kier alpha value is -1.07. The molecule has 12 heavy (non-hydrogen) atoms. The fourth-order valence-corrected chi connectivity index (χ4v) is 1.06. The van der Waals surface area contributed by atoms with Crippen LogP contribution in [0.2, 0.25) is 0 Å². The highest BCUT2D eigenvalue weighted by molar-refractivity contribution is 5.79. The van der Waals surface area contributed by atoms with Crippen LogP contribution in [0.4, 0.5) is 0 Å². The number of nitrogens with zero attached hydrogens (tertiary/aromatic N) is 2. The van der Waals surface area contributed by atoms with E-state index in [1.54, 1.807) is 0 Å². The average molecular weight is 172 g/mol. The molecule has 0 radical (unpaired) electrons. The molecule has 0 bridgehead atoms. The highest BCUT2D eigenvalue weighted by atomic mass is 16.3. The van der Waals surface area contributed by atoms with Crippen molar-refractivity contribution in [3.05, 3.63) is 12.3 Å². The molecular weight excluding hydrogens is 160 g/mol. The number of aliphatic hydroxyl groups excluding tert-OH is 2. The lowest BCUT2D eigenvalue weighted by molar-refractivity contribution is -0.139. The molecule has 0 unspecified atom stereocenters. The fourth-order valence-electron chi connectivity index (χ4n) is 1.06. The molecule has 0 aromatic rings. The zero-order valence-corrected chi connectivity index (χ0v) is 6.73. The van der Waals surface area contributed by atoms with Crippen molar-refractivity contribution in [2.45, 2.75) is 0 Å². The Morgan fingerprint density at radius 3 is 2.33 bits per heavy atom. The van der Waals surface area contributed by atoms with Crippen LogP contribution in [-0.2, 0) is 4.79 Å². The Labute approximate surface area is 70.5 Å². The standard InChI is InChI=1S/C7H12N2O3/c1-6-2-9(5-11)7(12)3-8(6)4-10/h10-11H,1-5H2. The van der Waals surface area contributed by atoms with Gasteiger partial charge in [0.05, 0.1) is 13.1 Å². The van der Waals surface area contributed by atoms with Gasteiger partial charge in [-0.1, -0.05) is 6.58 Å². The van der Waals surface area contributed by atoms with E-state index in [4.69, 9.17) is 10.2 Å². The Morgan fingerprint density at radius 1 is 1.25 bits per heavy atom. The monoisotopic (exact) mass is 172 g/mol. The molecule has 1 aliphatic rings. The molecule has 2 N–H and O–H groups in total. The van der Waals surface area contributed by atoms with Gasteiger partial charge in [-0.05, 0) is 0 Å². The van der Waals surface area contributed by atoms with Crippen LogP contribution < -0.4 is 0 Å². The first-order valence-corrected chi connectivity index (χ1v) is 3.61. The molecule has 0 aromatic carbocycles. The number of piperazine rings is 1. The molecule has 1 aliphatic heterocycles. The predicted molar refractivity (Wildman–Crippen MR) is 41.7 cm³/mol. The third-order valence-corrected chi connectivity index (χ3v) is 1.84. The fraction of sp³-hybridized carbons (Fsp3) is 0.571. The number of hydrogen-bond acceptors (Lipinski definition) is 4. The van der Waals surface area contributed by atoms with Gasteiger partial charge in [-0.25, -0.2) is 0 Å². The third-order valence-electron chi connectivity index (χ3n) is 1.84. The van der Waals surface area contributed by atoms with E-state index in [0.29, 0.717) is 5.70 Å². The molecule has 1 heterocycles. The average Bonchev–Trinajstić information content (AvgIpc) is 2.08. The van der Waals surface area contributed by atoms with E-state index in [2.05, 4.69) is 6.58 Å². The molecule has 0 aromatic heterocycles. The summed E-state index contributed by atoms with van der Waals surface area (Å²) in [4.78, 5) is 13.9. The molecule has 1 rings (SSSR count). The van der Waals surface area contributed by atoms with E-state index in [9.17, 15) is 4.79 Å². The Bertz CT molecular complexity index is 183. The zero-order chi connectivity index (χ0) is 9.14. The molecule has 5 nitrogen and oxygen atoms in total. The molecule has 0 aliphatic carbocycles. The summed E-state index contributed by atoms with van der Waals surface area (Å²) >= 11 is 0. The van der Waals surface area contributed by atoms with Crippen LogP contribution in [0.25, 0.3) is 0 Å². The van der Waals surface area contributed by atoms with Gasteiger partial charge >= 0.3 is 0 Å². The molecule has 5 heteroatoms. The summed E-state index contributed by atoms with van der Waals surface area (Å²) in [5, 5.41) is 17.5. The summed E-state index contributed by atoms with van der Waals surface area (Å²) in [5.41, 5.74) is 0.645. The van der Waals surface area contributed by atoms with Gasteiger partial charge in [0.15, 0.2) is 0 Å². The number of aliphatic hydroxyl groups is 2. The highest BCUT2D eigenvalue weighted by Crippen LogP contribution is 2.10. The van der Waals surface area contributed by atoms with Gasteiger partial charge in [-0.2, -0.15) is 0 Å². The Morgan fingerprint density at radius 2 is 1.83 bits per heavy atom. The topological polar surface area (TPSA) is 64.0 Å². The van der Waals surface area contributed by atoms with Gasteiger partial charge < -0.3 is 20.0 Å². The number of rotatable bonds is 2. The first-order chi connectivity index (χ1) is 5.69. The van der Waals surface area contributed by atoms with Crippen molar-refractivity contribution in [3.8, 4) is 0 Å². The van der Waals surface area contributed by atoms with Gasteiger partial charge in [0, 0.05) is 5.70 Å². The van der Waals surface area contributed by atoms with Crippen molar-refractivity contribution in [3.63, 3.8) is 0 Å². The van der Waals surface area contributed by atoms with E-state index >= 15 is 0 Å². The van der Waals surface area contributed by atoms with Crippen molar-refractivity contribution in [2.24, 2.45) is 0 Å². The molecule has 68 valence electrons. The molecular formula is C7H12N2O3. The summed E-state index contributed by atoms with van der Waals surface area (Å²) in [7, 11) is 0. The van der Waals surface area contributed by atoms with E-state index in [1.807, 2.05) is 0 Å². The van der Waals surface area contributed by atoms with Crippen LogP contribution in [0.1, 0.15) is 0 Å². The van der Waals surface area contributed by atoms with Crippen LogP contribution in [-0.4, -0.2) is 52.5 Å². The number of carbonyl (C=O) groups excluding carboxylic acids is 1. The Kier molecular flexibility index (Phi) is 2.67. The van der Waals surface area contributed by atoms with Crippen molar-refractivity contribution in [1.29, 1.82) is 0 Å². The molecule has 0 spiro atoms. The maximum atomic E-state index is 11.1. The molecule has 1 amide bonds. The summed E-state index contributed by atoms with van der Waals surface area (Å²) in [6.45, 7) is 3.54. The normalized spacial score (nSPS) is 18.8. The molecule has 0 saturated carbocycles.